The fraction of sp³-hybridized carbons (Fsp3) is 0.533. The zero-order valence-corrected chi connectivity index (χ0v) is 13.6. The average Bonchev–Trinajstić information content (AvgIpc) is 2.86. The molecule has 2 atom stereocenters. The van der Waals surface area contributed by atoms with Gasteiger partial charge in [0, 0.05) is 11.6 Å². The SMILES string of the molecule is CC(C)C(Br)C(=O)N1CCCC1c1cccc(Cl)c1. The molecule has 0 bridgehead atoms. The van der Waals surface area contributed by atoms with Crippen LogP contribution in [-0.4, -0.2) is 22.2 Å². The number of nitrogens with zero attached hydrogens (tertiary/aromatic N) is 1. The van der Waals surface area contributed by atoms with Crippen LogP contribution in [0.1, 0.15) is 38.3 Å². The van der Waals surface area contributed by atoms with Gasteiger partial charge in [0.25, 0.3) is 0 Å². The summed E-state index contributed by atoms with van der Waals surface area (Å²) in [6.07, 6.45) is 2.07. The lowest BCUT2D eigenvalue weighted by molar-refractivity contribution is -0.132. The largest absolute Gasteiger partial charge is 0.335 e. The molecule has 2 unspecified atom stereocenters. The van der Waals surface area contributed by atoms with Gasteiger partial charge < -0.3 is 4.90 Å². The number of alkyl halides is 1. The number of likely N-dealkylation sites (tertiary alicyclic amines) is 1. The molecule has 104 valence electrons. The van der Waals surface area contributed by atoms with Crippen molar-refractivity contribution in [1.29, 1.82) is 0 Å². The van der Waals surface area contributed by atoms with Crippen LogP contribution < -0.4 is 0 Å². The molecule has 1 aliphatic heterocycles. The highest BCUT2D eigenvalue weighted by Crippen LogP contribution is 2.34. The van der Waals surface area contributed by atoms with Gasteiger partial charge in [0.1, 0.15) is 0 Å². The molecule has 1 aromatic rings. The van der Waals surface area contributed by atoms with Crippen molar-refractivity contribution in [3.8, 4) is 0 Å². The zero-order chi connectivity index (χ0) is 14.0. The highest BCUT2D eigenvalue weighted by molar-refractivity contribution is 9.10. The molecule has 1 heterocycles. The molecule has 2 rings (SSSR count). The lowest BCUT2D eigenvalue weighted by Crippen LogP contribution is -2.38. The van der Waals surface area contributed by atoms with Crippen LogP contribution in [0.15, 0.2) is 24.3 Å². The second-order valence-electron chi connectivity index (χ2n) is 5.39. The number of benzene rings is 1. The maximum absolute atomic E-state index is 12.5. The molecule has 19 heavy (non-hydrogen) atoms. The van der Waals surface area contributed by atoms with E-state index in [1.54, 1.807) is 0 Å². The van der Waals surface area contributed by atoms with E-state index in [4.69, 9.17) is 11.6 Å². The van der Waals surface area contributed by atoms with Crippen LogP contribution in [0, 0.1) is 5.92 Å². The molecule has 0 spiro atoms. The summed E-state index contributed by atoms with van der Waals surface area (Å²) in [4.78, 5) is 14.4. The first-order valence-corrected chi connectivity index (χ1v) is 8.00. The van der Waals surface area contributed by atoms with Crippen LogP contribution >= 0.6 is 27.5 Å². The Morgan fingerprint density at radius 2 is 2.21 bits per heavy atom. The standard InChI is InChI=1S/C15H19BrClNO/c1-10(2)14(16)15(19)18-8-4-7-13(18)11-5-3-6-12(17)9-11/h3,5-6,9-10,13-14H,4,7-8H2,1-2H3. The minimum Gasteiger partial charge on any atom is -0.335 e. The van der Waals surface area contributed by atoms with Crippen LogP contribution in [0.2, 0.25) is 5.02 Å². The molecule has 1 saturated heterocycles. The summed E-state index contributed by atoms with van der Waals surface area (Å²) in [5.41, 5.74) is 1.14. The summed E-state index contributed by atoms with van der Waals surface area (Å²) in [6, 6.07) is 8.02. The van der Waals surface area contributed by atoms with Gasteiger partial charge in [0.15, 0.2) is 0 Å². The van der Waals surface area contributed by atoms with E-state index in [9.17, 15) is 4.79 Å². The first-order chi connectivity index (χ1) is 9.00. The number of hydrogen-bond acceptors (Lipinski definition) is 1. The van der Waals surface area contributed by atoms with E-state index in [2.05, 4.69) is 35.8 Å². The Bertz CT molecular complexity index is 463. The monoisotopic (exact) mass is 343 g/mol. The predicted molar refractivity (Wildman–Crippen MR) is 82.7 cm³/mol. The third kappa shape index (κ3) is 3.32. The van der Waals surface area contributed by atoms with Crippen molar-refractivity contribution in [2.75, 3.05) is 6.54 Å². The zero-order valence-electron chi connectivity index (χ0n) is 11.3. The van der Waals surface area contributed by atoms with E-state index < -0.39 is 0 Å². The van der Waals surface area contributed by atoms with Crippen molar-refractivity contribution < 1.29 is 4.79 Å². The van der Waals surface area contributed by atoms with Crippen LogP contribution in [0.4, 0.5) is 0 Å². The predicted octanol–water partition coefficient (Wildman–Crippen LogP) is 4.42. The maximum Gasteiger partial charge on any atom is 0.237 e. The van der Waals surface area contributed by atoms with E-state index in [0.29, 0.717) is 5.92 Å². The molecule has 0 aliphatic carbocycles. The lowest BCUT2D eigenvalue weighted by Gasteiger charge is -2.28. The Hall–Kier alpha value is -0.540. The Morgan fingerprint density at radius 3 is 2.84 bits per heavy atom. The van der Waals surface area contributed by atoms with Crippen molar-refractivity contribution >= 4 is 33.4 Å². The third-order valence-corrected chi connectivity index (χ3v) is 5.27. The number of hydrogen-bond donors (Lipinski definition) is 0. The number of carbonyl (C=O) groups is 1. The molecule has 0 saturated carbocycles. The molecule has 1 fully saturated rings. The van der Waals surface area contributed by atoms with Gasteiger partial charge in [-0.05, 0) is 36.5 Å². The van der Waals surface area contributed by atoms with Gasteiger partial charge in [0.2, 0.25) is 5.91 Å². The van der Waals surface area contributed by atoms with Crippen LogP contribution in [-0.2, 0) is 4.79 Å². The minimum atomic E-state index is -0.104. The fourth-order valence-corrected chi connectivity index (χ4v) is 3.00. The highest BCUT2D eigenvalue weighted by Gasteiger charge is 2.33. The average molecular weight is 345 g/mol. The molecule has 0 radical (unpaired) electrons. The highest BCUT2D eigenvalue weighted by atomic mass is 79.9. The van der Waals surface area contributed by atoms with Gasteiger partial charge in [-0.25, -0.2) is 0 Å². The van der Waals surface area contributed by atoms with Gasteiger partial charge in [-0.3, -0.25) is 4.79 Å². The van der Waals surface area contributed by atoms with Gasteiger partial charge in [-0.15, -0.1) is 0 Å². The molecule has 1 amide bonds. The van der Waals surface area contributed by atoms with Crippen molar-refractivity contribution in [2.45, 2.75) is 37.6 Å². The lowest BCUT2D eigenvalue weighted by atomic mass is 10.0. The summed E-state index contributed by atoms with van der Waals surface area (Å²) in [5, 5.41) is 0.732. The van der Waals surface area contributed by atoms with Gasteiger partial charge in [-0.2, -0.15) is 0 Å². The number of carbonyl (C=O) groups excluding carboxylic acids is 1. The van der Waals surface area contributed by atoms with Gasteiger partial charge in [-0.1, -0.05) is 53.5 Å². The first-order valence-electron chi connectivity index (χ1n) is 6.70. The van der Waals surface area contributed by atoms with Crippen molar-refractivity contribution in [3.05, 3.63) is 34.9 Å². The Kier molecular flexibility index (Phi) is 4.91. The Labute approximate surface area is 128 Å². The van der Waals surface area contributed by atoms with Crippen LogP contribution in [0.25, 0.3) is 0 Å². The van der Waals surface area contributed by atoms with Crippen LogP contribution in [0.3, 0.4) is 0 Å². The normalized spacial score (nSPS) is 20.9. The van der Waals surface area contributed by atoms with E-state index in [-0.39, 0.29) is 16.8 Å². The quantitative estimate of drug-likeness (QED) is 0.743. The van der Waals surface area contributed by atoms with Gasteiger partial charge >= 0.3 is 0 Å². The van der Waals surface area contributed by atoms with E-state index in [0.717, 1.165) is 30.0 Å². The number of rotatable bonds is 3. The molecule has 1 aliphatic rings. The summed E-state index contributed by atoms with van der Waals surface area (Å²) < 4.78 is 0. The Morgan fingerprint density at radius 1 is 1.47 bits per heavy atom. The summed E-state index contributed by atoms with van der Waals surface area (Å²) in [5.74, 6) is 0.491. The molecular weight excluding hydrogens is 326 g/mol. The topological polar surface area (TPSA) is 20.3 Å². The molecule has 0 aromatic heterocycles. The smallest absolute Gasteiger partial charge is 0.237 e. The van der Waals surface area contributed by atoms with Crippen molar-refractivity contribution in [2.24, 2.45) is 5.92 Å². The third-order valence-electron chi connectivity index (χ3n) is 3.59. The summed E-state index contributed by atoms with van der Waals surface area (Å²) in [7, 11) is 0. The summed E-state index contributed by atoms with van der Waals surface area (Å²) in [6.45, 7) is 4.95. The van der Waals surface area contributed by atoms with Crippen molar-refractivity contribution in [1.82, 2.24) is 4.90 Å². The fourth-order valence-electron chi connectivity index (χ4n) is 2.53. The molecule has 0 N–H and O–H groups in total. The first kappa shape index (κ1) is 14.9. The van der Waals surface area contributed by atoms with E-state index >= 15 is 0 Å². The maximum atomic E-state index is 12.5. The van der Waals surface area contributed by atoms with Crippen molar-refractivity contribution in [3.63, 3.8) is 0 Å². The Balaban J connectivity index is 2.19. The van der Waals surface area contributed by atoms with E-state index in [1.165, 1.54) is 0 Å². The van der Waals surface area contributed by atoms with Crippen LogP contribution in [0.5, 0.6) is 0 Å². The molecule has 4 heteroatoms. The molecular formula is C15H19BrClNO. The van der Waals surface area contributed by atoms with Gasteiger partial charge in [0.05, 0.1) is 10.9 Å². The molecule has 2 nitrogen and oxygen atoms in total. The second kappa shape index (κ2) is 6.27. The number of amides is 1. The van der Waals surface area contributed by atoms with E-state index in [1.807, 2.05) is 23.1 Å². The second-order valence-corrected chi connectivity index (χ2v) is 6.81. The molecule has 1 aromatic carbocycles. The minimum absolute atomic E-state index is 0.104. The summed E-state index contributed by atoms with van der Waals surface area (Å²) >= 11 is 9.57. The number of halogens is 2.